The zero-order valence-electron chi connectivity index (χ0n) is 15.8. The summed E-state index contributed by atoms with van der Waals surface area (Å²) >= 11 is 0. The Morgan fingerprint density at radius 3 is 2.15 bits per heavy atom. The quantitative estimate of drug-likeness (QED) is 0.707. The van der Waals surface area contributed by atoms with Crippen LogP contribution in [0.1, 0.15) is 41.8 Å². The summed E-state index contributed by atoms with van der Waals surface area (Å²) in [6.45, 7) is 8.22. The van der Waals surface area contributed by atoms with Gasteiger partial charge in [-0.2, -0.15) is 0 Å². The average molecular weight is 353 g/mol. The molecule has 1 atom stereocenters. The van der Waals surface area contributed by atoms with Crippen molar-refractivity contribution in [2.45, 2.75) is 40.2 Å². The van der Waals surface area contributed by atoms with Crippen molar-refractivity contribution in [3.8, 4) is 0 Å². The van der Waals surface area contributed by atoms with Gasteiger partial charge in [0.05, 0.1) is 6.54 Å². The van der Waals surface area contributed by atoms with Crippen LogP contribution in [0.5, 0.6) is 0 Å². The van der Waals surface area contributed by atoms with Gasteiger partial charge in [0.25, 0.3) is 5.91 Å². The third-order valence-corrected chi connectivity index (χ3v) is 4.10. The van der Waals surface area contributed by atoms with Gasteiger partial charge in [0, 0.05) is 23.0 Å². The van der Waals surface area contributed by atoms with Crippen molar-refractivity contribution in [1.82, 2.24) is 5.32 Å². The Bertz CT molecular complexity index is 749. The van der Waals surface area contributed by atoms with Crippen LogP contribution >= 0.6 is 0 Å². The number of hydrogen-bond acceptors (Lipinski definition) is 3. The molecule has 5 heteroatoms. The number of hydrogen-bond donors (Lipinski definition) is 3. The van der Waals surface area contributed by atoms with Crippen molar-refractivity contribution < 1.29 is 9.59 Å². The Morgan fingerprint density at radius 2 is 1.58 bits per heavy atom. The van der Waals surface area contributed by atoms with Gasteiger partial charge in [-0.1, -0.05) is 13.0 Å². The average Bonchev–Trinajstić information content (AvgIpc) is 2.59. The van der Waals surface area contributed by atoms with E-state index in [1.807, 2.05) is 39.8 Å². The molecule has 2 amide bonds. The molecule has 3 N–H and O–H groups in total. The van der Waals surface area contributed by atoms with Crippen LogP contribution in [-0.4, -0.2) is 24.4 Å². The minimum absolute atomic E-state index is 0.103. The SMILES string of the molecule is CCC(C)NC(=O)c1ccc(NC(=O)CNc2cc(C)cc(C)c2)cc1. The summed E-state index contributed by atoms with van der Waals surface area (Å²) < 4.78 is 0. The molecule has 0 aliphatic rings. The van der Waals surface area contributed by atoms with Crippen molar-refractivity contribution >= 4 is 23.2 Å². The van der Waals surface area contributed by atoms with E-state index in [-0.39, 0.29) is 24.4 Å². The zero-order chi connectivity index (χ0) is 19.1. The molecule has 0 saturated carbocycles. The molecule has 2 aromatic carbocycles. The van der Waals surface area contributed by atoms with Crippen molar-refractivity contribution in [2.75, 3.05) is 17.2 Å². The molecule has 0 heterocycles. The third kappa shape index (κ3) is 5.92. The molecule has 26 heavy (non-hydrogen) atoms. The van der Waals surface area contributed by atoms with Gasteiger partial charge in [-0.25, -0.2) is 0 Å². The first kappa shape index (κ1) is 19.5. The lowest BCUT2D eigenvalue weighted by molar-refractivity contribution is -0.114. The first-order valence-corrected chi connectivity index (χ1v) is 8.90. The zero-order valence-corrected chi connectivity index (χ0v) is 15.8. The summed E-state index contributed by atoms with van der Waals surface area (Å²) in [6.07, 6.45) is 0.882. The van der Waals surface area contributed by atoms with Gasteiger partial charge in [0.2, 0.25) is 5.91 Å². The monoisotopic (exact) mass is 353 g/mol. The topological polar surface area (TPSA) is 70.2 Å². The van der Waals surface area contributed by atoms with Crippen LogP contribution in [-0.2, 0) is 4.79 Å². The van der Waals surface area contributed by atoms with Crippen molar-refractivity contribution in [1.29, 1.82) is 0 Å². The predicted molar refractivity (Wildman–Crippen MR) is 107 cm³/mol. The van der Waals surface area contributed by atoms with Gasteiger partial charge in [0.15, 0.2) is 0 Å². The highest BCUT2D eigenvalue weighted by Gasteiger charge is 2.09. The van der Waals surface area contributed by atoms with E-state index in [4.69, 9.17) is 0 Å². The highest BCUT2D eigenvalue weighted by molar-refractivity contribution is 5.96. The van der Waals surface area contributed by atoms with Crippen LogP contribution in [0, 0.1) is 13.8 Å². The second-order valence-electron chi connectivity index (χ2n) is 6.64. The molecule has 138 valence electrons. The van der Waals surface area contributed by atoms with Gasteiger partial charge in [-0.15, -0.1) is 0 Å². The normalized spacial score (nSPS) is 11.5. The first-order valence-electron chi connectivity index (χ1n) is 8.90. The van der Waals surface area contributed by atoms with E-state index in [9.17, 15) is 9.59 Å². The standard InChI is InChI=1S/C21H27N3O2/c1-5-16(4)23-21(26)17-6-8-18(9-7-17)24-20(25)13-22-19-11-14(2)10-15(3)12-19/h6-12,16,22H,5,13H2,1-4H3,(H,23,26)(H,24,25). The van der Waals surface area contributed by atoms with Crippen LogP contribution < -0.4 is 16.0 Å². The second kappa shape index (κ2) is 9.04. The maximum absolute atomic E-state index is 12.1. The minimum atomic E-state index is -0.138. The molecule has 2 aromatic rings. The number of rotatable bonds is 7. The van der Waals surface area contributed by atoms with Gasteiger partial charge in [-0.05, 0) is 74.7 Å². The number of carbonyl (C=O) groups is 2. The Morgan fingerprint density at radius 1 is 0.962 bits per heavy atom. The van der Waals surface area contributed by atoms with Crippen LogP contribution in [0.15, 0.2) is 42.5 Å². The number of anilines is 2. The Kier molecular flexibility index (Phi) is 6.78. The molecule has 0 radical (unpaired) electrons. The molecular formula is C21H27N3O2. The summed E-state index contributed by atoms with van der Waals surface area (Å²) in [6, 6.07) is 13.1. The number of aryl methyl sites for hydroxylation is 2. The maximum atomic E-state index is 12.1. The number of carbonyl (C=O) groups excluding carboxylic acids is 2. The minimum Gasteiger partial charge on any atom is -0.376 e. The summed E-state index contributed by atoms with van der Waals surface area (Å²) in [5.41, 5.74) is 4.47. The number of nitrogens with one attached hydrogen (secondary N) is 3. The number of benzene rings is 2. The van der Waals surface area contributed by atoms with Gasteiger partial charge >= 0.3 is 0 Å². The molecular weight excluding hydrogens is 326 g/mol. The van der Waals surface area contributed by atoms with E-state index >= 15 is 0 Å². The Hall–Kier alpha value is -2.82. The molecule has 0 aliphatic carbocycles. The van der Waals surface area contributed by atoms with E-state index in [1.54, 1.807) is 24.3 Å². The van der Waals surface area contributed by atoms with E-state index < -0.39 is 0 Å². The molecule has 0 aliphatic heterocycles. The lowest BCUT2D eigenvalue weighted by Crippen LogP contribution is -2.31. The summed E-state index contributed by atoms with van der Waals surface area (Å²) in [7, 11) is 0. The predicted octanol–water partition coefficient (Wildman–Crippen LogP) is 3.88. The fraction of sp³-hybridized carbons (Fsp3) is 0.333. The largest absolute Gasteiger partial charge is 0.376 e. The van der Waals surface area contributed by atoms with Crippen LogP contribution in [0.2, 0.25) is 0 Å². The van der Waals surface area contributed by atoms with Crippen molar-refractivity contribution in [3.63, 3.8) is 0 Å². The van der Waals surface area contributed by atoms with E-state index in [0.29, 0.717) is 11.3 Å². The summed E-state index contributed by atoms with van der Waals surface area (Å²) in [5.74, 6) is -0.241. The fourth-order valence-corrected chi connectivity index (χ4v) is 2.58. The lowest BCUT2D eigenvalue weighted by Gasteiger charge is -2.12. The Balaban J connectivity index is 1.88. The van der Waals surface area contributed by atoms with Gasteiger partial charge in [-0.3, -0.25) is 9.59 Å². The van der Waals surface area contributed by atoms with E-state index in [2.05, 4.69) is 22.0 Å². The molecule has 0 fully saturated rings. The molecule has 0 aromatic heterocycles. The fourth-order valence-electron chi connectivity index (χ4n) is 2.58. The number of amides is 2. The third-order valence-electron chi connectivity index (χ3n) is 4.10. The molecule has 0 spiro atoms. The second-order valence-corrected chi connectivity index (χ2v) is 6.64. The Labute approximate surface area is 155 Å². The van der Waals surface area contributed by atoms with Crippen molar-refractivity contribution in [3.05, 3.63) is 59.2 Å². The molecule has 5 nitrogen and oxygen atoms in total. The van der Waals surface area contributed by atoms with Gasteiger partial charge in [0.1, 0.15) is 0 Å². The smallest absolute Gasteiger partial charge is 0.251 e. The van der Waals surface area contributed by atoms with E-state index in [1.165, 1.54) is 0 Å². The van der Waals surface area contributed by atoms with Gasteiger partial charge < -0.3 is 16.0 Å². The summed E-state index contributed by atoms with van der Waals surface area (Å²) in [4.78, 5) is 24.2. The van der Waals surface area contributed by atoms with Crippen LogP contribution in [0.25, 0.3) is 0 Å². The molecule has 0 saturated heterocycles. The van der Waals surface area contributed by atoms with Crippen LogP contribution in [0.4, 0.5) is 11.4 Å². The van der Waals surface area contributed by atoms with Crippen molar-refractivity contribution in [2.24, 2.45) is 0 Å². The van der Waals surface area contributed by atoms with Crippen LogP contribution in [0.3, 0.4) is 0 Å². The molecule has 2 rings (SSSR count). The first-order chi connectivity index (χ1) is 12.4. The highest BCUT2D eigenvalue weighted by Crippen LogP contribution is 2.14. The summed E-state index contributed by atoms with van der Waals surface area (Å²) in [5, 5.41) is 8.87. The molecule has 1 unspecified atom stereocenters. The maximum Gasteiger partial charge on any atom is 0.251 e. The van der Waals surface area contributed by atoms with E-state index in [0.717, 1.165) is 23.2 Å². The highest BCUT2D eigenvalue weighted by atomic mass is 16.2. The lowest BCUT2D eigenvalue weighted by atomic mass is 10.1. The molecule has 0 bridgehead atoms.